The molecule has 4 heteroatoms. The summed E-state index contributed by atoms with van der Waals surface area (Å²) < 4.78 is 0. The highest BCUT2D eigenvalue weighted by molar-refractivity contribution is 7.80. The molecule has 0 saturated carbocycles. The van der Waals surface area contributed by atoms with Crippen molar-refractivity contribution >= 4 is 35.2 Å². The Morgan fingerprint density at radius 3 is 2.91 bits per heavy atom. The zero-order chi connectivity index (χ0) is 8.27. The van der Waals surface area contributed by atoms with Crippen LogP contribution in [0.4, 0.5) is 5.13 Å². The summed E-state index contributed by atoms with van der Waals surface area (Å²) in [5.74, 6) is 0.747. The van der Waals surface area contributed by atoms with Crippen LogP contribution in [0.5, 0.6) is 0 Å². The lowest BCUT2D eigenvalue weighted by Crippen LogP contribution is -1.80. The lowest BCUT2D eigenvalue weighted by atomic mass is 10.4. The van der Waals surface area contributed by atoms with Gasteiger partial charge in [-0.3, -0.25) is 0 Å². The summed E-state index contributed by atoms with van der Waals surface area (Å²) in [5.41, 5.74) is 6.50. The molecule has 0 bridgehead atoms. The van der Waals surface area contributed by atoms with Gasteiger partial charge in [0.2, 0.25) is 0 Å². The van der Waals surface area contributed by atoms with E-state index < -0.39 is 0 Å². The number of nitrogen functional groups attached to an aromatic ring is 1. The Balaban J connectivity index is 2.85. The van der Waals surface area contributed by atoms with Gasteiger partial charge in [0.15, 0.2) is 5.13 Å². The van der Waals surface area contributed by atoms with Gasteiger partial charge < -0.3 is 5.73 Å². The average molecular weight is 186 g/mol. The lowest BCUT2D eigenvalue weighted by Gasteiger charge is -1.84. The largest absolute Gasteiger partial charge is 0.375 e. The minimum atomic E-state index is 0.626. The number of aromatic nitrogens is 1. The van der Waals surface area contributed by atoms with Gasteiger partial charge in [0.05, 0.1) is 10.6 Å². The van der Waals surface area contributed by atoms with Crippen LogP contribution in [0, 0.1) is 6.92 Å². The third kappa shape index (κ3) is 2.24. The summed E-state index contributed by atoms with van der Waals surface area (Å²) in [6.45, 7) is 1.95. The number of hydrogen-bond acceptors (Lipinski definition) is 4. The van der Waals surface area contributed by atoms with Gasteiger partial charge in [-0.05, 0) is 13.0 Å². The van der Waals surface area contributed by atoms with Crippen LogP contribution in [-0.4, -0.2) is 10.7 Å². The van der Waals surface area contributed by atoms with Crippen molar-refractivity contribution in [1.82, 2.24) is 4.98 Å². The zero-order valence-corrected chi connectivity index (χ0v) is 7.95. The molecular formula is C7H10N2S2. The first-order valence-corrected chi connectivity index (χ1v) is 4.69. The Hall–Kier alpha value is -0.480. The van der Waals surface area contributed by atoms with Gasteiger partial charge in [-0.15, -0.1) is 0 Å². The monoisotopic (exact) mass is 186 g/mol. The molecule has 0 aliphatic rings. The number of hydrogen-bond donors (Lipinski definition) is 2. The van der Waals surface area contributed by atoms with E-state index in [9.17, 15) is 0 Å². The molecule has 0 atom stereocenters. The molecule has 0 aromatic carbocycles. The van der Waals surface area contributed by atoms with E-state index in [-0.39, 0.29) is 0 Å². The van der Waals surface area contributed by atoms with Crippen LogP contribution in [0.25, 0.3) is 6.08 Å². The first kappa shape index (κ1) is 8.62. The summed E-state index contributed by atoms with van der Waals surface area (Å²) in [6, 6.07) is 0. The van der Waals surface area contributed by atoms with Crippen LogP contribution >= 0.6 is 24.0 Å². The quantitative estimate of drug-likeness (QED) is 0.693. The van der Waals surface area contributed by atoms with E-state index in [0.717, 1.165) is 16.3 Å². The van der Waals surface area contributed by atoms with Gasteiger partial charge in [-0.25, -0.2) is 4.98 Å². The van der Waals surface area contributed by atoms with Gasteiger partial charge in [0, 0.05) is 5.75 Å². The minimum Gasteiger partial charge on any atom is -0.375 e. The molecule has 1 heterocycles. The van der Waals surface area contributed by atoms with E-state index in [1.54, 1.807) is 0 Å². The molecule has 0 spiro atoms. The molecule has 1 aromatic heterocycles. The maximum Gasteiger partial charge on any atom is 0.180 e. The molecule has 2 nitrogen and oxygen atoms in total. The average Bonchev–Trinajstić information content (AvgIpc) is 2.26. The Labute approximate surface area is 75.6 Å². The second-order valence-corrected chi connectivity index (χ2v) is 3.51. The molecule has 60 valence electrons. The fourth-order valence-electron chi connectivity index (χ4n) is 0.744. The van der Waals surface area contributed by atoms with Crippen LogP contribution in [0.2, 0.25) is 0 Å². The van der Waals surface area contributed by atoms with Crippen LogP contribution in [-0.2, 0) is 0 Å². The second-order valence-electron chi connectivity index (χ2n) is 2.09. The molecule has 0 aliphatic heterocycles. The molecule has 0 unspecified atom stereocenters. The summed E-state index contributed by atoms with van der Waals surface area (Å²) in [7, 11) is 0. The maximum absolute atomic E-state index is 5.51. The molecule has 0 fully saturated rings. The third-order valence-corrected chi connectivity index (χ3v) is 2.39. The van der Waals surface area contributed by atoms with Crippen LogP contribution in [0.3, 0.4) is 0 Å². The van der Waals surface area contributed by atoms with E-state index in [0.29, 0.717) is 5.13 Å². The normalized spacial score (nSPS) is 11.1. The minimum absolute atomic E-state index is 0.626. The lowest BCUT2D eigenvalue weighted by molar-refractivity contribution is 1.26. The molecule has 2 N–H and O–H groups in total. The summed E-state index contributed by atoms with van der Waals surface area (Å²) in [5, 5.41) is 0.626. The Morgan fingerprint density at radius 2 is 2.45 bits per heavy atom. The van der Waals surface area contributed by atoms with Gasteiger partial charge in [0.1, 0.15) is 0 Å². The van der Waals surface area contributed by atoms with Crippen molar-refractivity contribution in [3.05, 3.63) is 16.6 Å². The third-order valence-electron chi connectivity index (χ3n) is 1.22. The van der Waals surface area contributed by atoms with Crippen molar-refractivity contribution in [2.75, 3.05) is 11.5 Å². The SMILES string of the molecule is Cc1nc(N)sc1C=CCS. The number of rotatable bonds is 2. The van der Waals surface area contributed by atoms with Crippen molar-refractivity contribution in [2.45, 2.75) is 6.92 Å². The summed E-state index contributed by atoms with van der Waals surface area (Å²) >= 11 is 5.56. The fourth-order valence-corrected chi connectivity index (χ4v) is 1.61. The highest BCUT2D eigenvalue weighted by Crippen LogP contribution is 2.20. The van der Waals surface area contributed by atoms with Crippen LogP contribution in [0.1, 0.15) is 10.6 Å². The van der Waals surface area contributed by atoms with E-state index in [4.69, 9.17) is 5.73 Å². The summed E-state index contributed by atoms with van der Waals surface area (Å²) in [4.78, 5) is 5.21. The van der Waals surface area contributed by atoms with Gasteiger partial charge in [-0.1, -0.05) is 17.4 Å². The zero-order valence-electron chi connectivity index (χ0n) is 6.24. The first-order valence-electron chi connectivity index (χ1n) is 3.24. The number of thiazole rings is 1. The van der Waals surface area contributed by atoms with E-state index >= 15 is 0 Å². The predicted molar refractivity (Wildman–Crippen MR) is 54.2 cm³/mol. The highest BCUT2D eigenvalue weighted by Gasteiger charge is 1.99. The molecule has 1 aromatic rings. The predicted octanol–water partition coefficient (Wildman–Crippen LogP) is 1.98. The maximum atomic E-state index is 5.51. The second kappa shape index (κ2) is 3.78. The smallest absolute Gasteiger partial charge is 0.180 e. The molecule has 0 saturated heterocycles. The Morgan fingerprint density at radius 1 is 1.73 bits per heavy atom. The standard InChI is InChI=1S/C7H10N2S2/c1-5-6(3-2-4-10)11-7(8)9-5/h2-3,10H,4H2,1H3,(H2,8,9). The van der Waals surface area contributed by atoms with Crippen molar-refractivity contribution in [3.8, 4) is 0 Å². The number of aryl methyl sites for hydroxylation is 1. The molecule has 0 aliphatic carbocycles. The van der Waals surface area contributed by atoms with E-state index in [1.165, 1.54) is 11.3 Å². The van der Waals surface area contributed by atoms with Crippen molar-refractivity contribution in [2.24, 2.45) is 0 Å². The number of nitrogens with two attached hydrogens (primary N) is 1. The van der Waals surface area contributed by atoms with Crippen molar-refractivity contribution < 1.29 is 0 Å². The van der Waals surface area contributed by atoms with Crippen molar-refractivity contribution in [1.29, 1.82) is 0 Å². The van der Waals surface area contributed by atoms with Gasteiger partial charge >= 0.3 is 0 Å². The molecular weight excluding hydrogens is 176 g/mol. The van der Waals surface area contributed by atoms with Gasteiger partial charge in [-0.2, -0.15) is 12.6 Å². The highest BCUT2D eigenvalue weighted by atomic mass is 32.1. The van der Waals surface area contributed by atoms with Crippen molar-refractivity contribution in [3.63, 3.8) is 0 Å². The van der Waals surface area contributed by atoms with Gasteiger partial charge in [0.25, 0.3) is 0 Å². The molecule has 0 amide bonds. The number of thiol groups is 1. The molecule has 0 radical (unpaired) electrons. The molecule has 1 rings (SSSR count). The van der Waals surface area contributed by atoms with E-state index in [1.807, 2.05) is 19.1 Å². The van der Waals surface area contributed by atoms with E-state index in [2.05, 4.69) is 17.6 Å². The first-order chi connectivity index (χ1) is 5.24. The van der Waals surface area contributed by atoms with Crippen LogP contribution < -0.4 is 5.73 Å². The Bertz CT molecular complexity index is 265. The van der Waals surface area contributed by atoms with Crippen LogP contribution in [0.15, 0.2) is 6.08 Å². The topological polar surface area (TPSA) is 38.9 Å². The summed E-state index contributed by atoms with van der Waals surface area (Å²) in [6.07, 6.45) is 3.97. The number of nitrogens with zero attached hydrogens (tertiary/aromatic N) is 1. The number of anilines is 1. The Kier molecular flexibility index (Phi) is 2.96. The fraction of sp³-hybridized carbons (Fsp3) is 0.286. The molecule has 11 heavy (non-hydrogen) atoms.